The van der Waals surface area contributed by atoms with Gasteiger partial charge in [0.05, 0.1) is 36.2 Å². The number of ether oxygens (including phenoxy) is 1. The fourth-order valence-corrected chi connectivity index (χ4v) is 4.55. The third kappa shape index (κ3) is 3.99. The standard InChI is InChI=1S/C22H26F2N6O2/c1-13-2-4-14(5-3-13)30-12-17(20(28-30)21(23)24)26-22(31)15-11-25-16-10-18(27-19(15)16)29-6-8-32-9-7-29/h10-14,21H,2-9H2,1H3,(H,26,31)/t13-,14-. The Balaban J connectivity index is 1.36. The minimum atomic E-state index is -2.78. The maximum absolute atomic E-state index is 13.7. The summed E-state index contributed by atoms with van der Waals surface area (Å²) in [6, 6.07) is 0.0782. The van der Waals surface area contributed by atoms with E-state index in [1.165, 1.54) is 12.4 Å². The summed E-state index contributed by atoms with van der Waals surface area (Å²) in [7, 11) is 0. The van der Waals surface area contributed by atoms with Crippen LogP contribution in [0, 0.1) is 5.92 Å². The minimum Gasteiger partial charge on any atom is -0.378 e. The number of morpholine rings is 1. The van der Waals surface area contributed by atoms with E-state index in [-0.39, 0.29) is 17.3 Å². The second-order valence-corrected chi connectivity index (χ2v) is 8.70. The molecule has 4 aliphatic rings. The average molecular weight is 444 g/mol. The van der Waals surface area contributed by atoms with Crippen LogP contribution >= 0.6 is 0 Å². The number of alkyl halides is 2. The van der Waals surface area contributed by atoms with Crippen molar-refractivity contribution in [2.45, 2.75) is 45.1 Å². The Morgan fingerprint density at radius 2 is 1.97 bits per heavy atom. The maximum Gasteiger partial charge on any atom is 0.284 e. The molecule has 170 valence electrons. The van der Waals surface area contributed by atoms with Crippen LogP contribution in [0.1, 0.15) is 50.8 Å². The number of nitrogens with zero attached hydrogens (tertiary/aromatic N) is 5. The number of amidine groups is 1. The van der Waals surface area contributed by atoms with Gasteiger partial charge in [-0.1, -0.05) is 6.92 Å². The zero-order chi connectivity index (χ0) is 22.2. The van der Waals surface area contributed by atoms with Crippen LogP contribution in [0.4, 0.5) is 14.5 Å². The van der Waals surface area contributed by atoms with Gasteiger partial charge in [0.2, 0.25) is 0 Å². The number of anilines is 1. The molecule has 5 rings (SSSR count). The number of fused-ring (bicyclic) bond motifs is 1. The molecule has 0 unspecified atom stereocenters. The summed E-state index contributed by atoms with van der Waals surface area (Å²) in [5, 5.41) is 6.75. The molecule has 0 aromatic carbocycles. The molecule has 1 saturated heterocycles. The smallest absolute Gasteiger partial charge is 0.284 e. The molecule has 0 spiro atoms. The second-order valence-electron chi connectivity index (χ2n) is 8.70. The number of rotatable bonds is 4. The number of carbonyl (C=O) groups excluding carboxylic acids is 1. The highest BCUT2D eigenvalue weighted by molar-refractivity contribution is 6.21. The van der Waals surface area contributed by atoms with Gasteiger partial charge in [-0.25, -0.2) is 13.8 Å². The summed E-state index contributed by atoms with van der Waals surface area (Å²) < 4.78 is 34.3. The van der Waals surface area contributed by atoms with Gasteiger partial charge in [0, 0.05) is 31.6 Å². The first-order valence-electron chi connectivity index (χ1n) is 11.1. The van der Waals surface area contributed by atoms with Crippen molar-refractivity contribution in [3.63, 3.8) is 0 Å². The molecule has 2 fully saturated rings. The van der Waals surface area contributed by atoms with Gasteiger partial charge in [0.15, 0.2) is 5.69 Å². The summed E-state index contributed by atoms with van der Waals surface area (Å²) in [6.07, 6.45) is 5.91. The number of hydrogen-bond donors (Lipinski definition) is 1. The first-order valence-corrected chi connectivity index (χ1v) is 11.1. The first kappa shape index (κ1) is 21.0. The molecule has 1 N–H and O–H groups in total. The van der Waals surface area contributed by atoms with Crippen molar-refractivity contribution < 1.29 is 18.3 Å². The van der Waals surface area contributed by atoms with E-state index in [1.807, 2.05) is 6.08 Å². The van der Waals surface area contributed by atoms with Crippen molar-refractivity contribution in [3.05, 3.63) is 34.9 Å². The highest BCUT2D eigenvalue weighted by Gasteiger charge is 2.30. The molecule has 1 aromatic heterocycles. The van der Waals surface area contributed by atoms with Gasteiger partial charge in [-0.2, -0.15) is 5.10 Å². The lowest BCUT2D eigenvalue weighted by Gasteiger charge is -2.27. The predicted octanol–water partition coefficient (Wildman–Crippen LogP) is 3.48. The van der Waals surface area contributed by atoms with Crippen LogP contribution in [0.15, 0.2) is 39.2 Å². The first-order chi connectivity index (χ1) is 15.5. The number of hydrogen-bond acceptors (Lipinski definition) is 6. The topological polar surface area (TPSA) is 84.1 Å². The van der Waals surface area contributed by atoms with Crippen molar-refractivity contribution in [3.8, 4) is 0 Å². The summed E-state index contributed by atoms with van der Waals surface area (Å²) in [5.41, 5.74) is 0.975. The quantitative estimate of drug-likeness (QED) is 0.771. The van der Waals surface area contributed by atoms with Crippen LogP contribution in [0.2, 0.25) is 0 Å². The van der Waals surface area contributed by atoms with Gasteiger partial charge in [-0.15, -0.1) is 0 Å². The molecule has 8 nitrogen and oxygen atoms in total. The van der Waals surface area contributed by atoms with Crippen molar-refractivity contribution in [1.29, 1.82) is 0 Å². The molecule has 1 aliphatic carbocycles. The fourth-order valence-electron chi connectivity index (χ4n) is 4.55. The number of carbonyl (C=O) groups is 1. The summed E-state index contributed by atoms with van der Waals surface area (Å²) in [4.78, 5) is 23.9. The monoisotopic (exact) mass is 444 g/mol. The minimum absolute atomic E-state index is 0.0398. The maximum atomic E-state index is 13.7. The third-order valence-corrected chi connectivity index (χ3v) is 6.48. The van der Waals surface area contributed by atoms with E-state index in [0.29, 0.717) is 30.5 Å². The molecule has 10 heteroatoms. The van der Waals surface area contributed by atoms with E-state index < -0.39 is 18.0 Å². The van der Waals surface area contributed by atoms with E-state index in [2.05, 4.69) is 32.2 Å². The Labute approximate surface area is 184 Å². The van der Waals surface area contributed by atoms with Crippen LogP contribution in [0.25, 0.3) is 0 Å². The highest BCUT2D eigenvalue weighted by atomic mass is 19.3. The zero-order valence-electron chi connectivity index (χ0n) is 17.9. The lowest BCUT2D eigenvalue weighted by Crippen LogP contribution is -2.39. The van der Waals surface area contributed by atoms with Crippen LogP contribution < -0.4 is 5.32 Å². The van der Waals surface area contributed by atoms with Crippen LogP contribution in [0.3, 0.4) is 0 Å². The predicted molar refractivity (Wildman–Crippen MR) is 116 cm³/mol. The number of aliphatic imine (C=N–C) groups is 2. The van der Waals surface area contributed by atoms with E-state index in [9.17, 15) is 13.6 Å². The van der Waals surface area contributed by atoms with Gasteiger partial charge in [-0.3, -0.25) is 14.5 Å². The number of halogens is 2. The summed E-state index contributed by atoms with van der Waals surface area (Å²) in [5.74, 6) is 0.869. The number of aromatic nitrogens is 2. The third-order valence-electron chi connectivity index (χ3n) is 6.48. The Hall–Kier alpha value is -2.88. The molecule has 1 saturated carbocycles. The van der Waals surface area contributed by atoms with Crippen molar-refractivity contribution in [2.24, 2.45) is 15.9 Å². The lowest BCUT2D eigenvalue weighted by molar-refractivity contribution is -0.112. The van der Waals surface area contributed by atoms with Crippen molar-refractivity contribution >= 4 is 23.6 Å². The molecule has 4 heterocycles. The van der Waals surface area contributed by atoms with Crippen molar-refractivity contribution in [1.82, 2.24) is 14.7 Å². The largest absolute Gasteiger partial charge is 0.378 e. The Bertz CT molecular complexity index is 1030. The molecule has 32 heavy (non-hydrogen) atoms. The Kier molecular flexibility index (Phi) is 5.62. The number of amides is 1. The van der Waals surface area contributed by atoms with Gasteiger partial charge < -0.3 is 15.0 Å². The van der Waals surface area contributed by atoms with Crippen LogP contribution in [0.5, 0.6) is 0 Å². The number of nitrogens with one attached hydrogen (secondary N) is 1. The van der Waals surface area contributed by atoms with E-state index in [0.717, 1.165) is 44.6 Å². The second kappa shape index (κ2) is 8.57. The van der Waals surface area contributed by atoms with Crippen LogP contribution in [-0.4, -0.2) is 58.9 Å². The molecule has 0 radical (unpaired) electrons. The summed E-state index contributed by atoms with van der Waals surface area (Å²) in [6.45, 7) is 4.89. The molecule has 0 bridgehead atoms. The SMILES string of the molecule is C[C@H]1CC[C@H](n2cc(NC(=O)C3=C4N=C(N5CCOCC5)C=C4N=C3)c(C(F)F)n2)CC1. The molecule has 1 amide bonds. The highest BCUT2D eigenvalue weighted by Crippen LogP contribution is 2.35. The van der Waals surface area contributed by atoms with E-state index in [4.69, 9.17) is 4.74 Å². The summed E-state index contributed by atoms with van der Waals surface area (Å²) >= 11 is 0. The lowest BCUT2D eigenvalue weighted by atomic mass is 9.87. The molecular formula is C22H26F2N6O2. The van der Waals surface area contributed by atoms with Gasteiger partial charge in [0.25, 0.3) is 12.3 Å². The Morgan fingerprint density at radius 1 is 1.22 bits per heavy atom. The molecular weight excluding hydrogens is 418 g/mol. The molecule has 0 atom stereocenters. The van der Waals surface area contributed by atoms with E-state index in [1.54, 1.807) is 4.68 Å². The van der Waals surface area contributed by atoms with Crippen LogP contribution in [-0.2, 0) is 9.53 Å². The molecule has 3 aliphatic heterocycles. The molecule has 1 aromatic rings. The fraction of sp³-hybridized carbons (Fsp3) is 0.545. The van der Waals surface area contributed by atoms with Crippen molar-refractivity contribution in [2.75, 3.05) is 31.6 Å². The average Bonchev–Trinajstić information content (AvgIpc) is 3.49. The van der Waals surface area contributed by atoms with Gasteiger partial charge >= 0.3 is 0 Å². The zero-order valence-corrected chi connectivity index (χ0v) is 17.9. The normalized spacial score (nSPS) is 25.3. The van der Waals surface area contributed by atoms with Gasteiger partial charge in [0.1, 0.15) is 11.5 Å². The van der Waals surface area contributed by atoms with Gasteiger partial charge in [-0.05, 0) is 31.6 Å². The van der Waals surface area contributed by atoms with E-state index >= 15 is 0 Å². The Morgan fingerprint density at radius 3 is 2.69 bits per heavy atom.